The summed E-state index contributed by atoms with van der Waals surface area (Å²) >= 11 is 0. The van der Waals surface area contributed by atoms with Gasteiger partial charge in [-0.15, -0.1) is 0 Å². The molecular weight excluding hydrogens is 458 g/mol. The minimum Gasteiger partial charge on any atom is -0.448 e. The molecule has 0 aromatic heterocycles. The fraction of sp³-hybridized carbons (Fsp3) is 0.464. The topological polar surface area (TPSA) is 90.4 Å². The van der Waals surface area contributed by atoms with Gasteiger partial charge in [0.15, 0.2) is 0 Å². The molecule has 2 aliphatic heterocycles. The van der Waals surface area contributed by atoms with Crippen LogP contribution in [0.5, 0.6) is 0 Å². The Morgan fingerprint density at radius 3 is 2.33 bits per heavy atom. The summed E-state index contributed by atoms with van der Waals surface area (Å²) in [5, 5.41) is 10.0. The molecule has 1 N–H and O–H groups in total. The second-order valence-electron chi connectivity index (χ2n) is 9.98. The van der Waals surface area contributed by atoms with Crippen molar-refractivity contribution in [3.63, 3.8) is 0 Å². The van der Waals surface area contributed by atoms with E-state index in [0.717, 1.165) is 28.7 Å². The molecule has 0 radical (unpaired) electrons. The van der Waals surface area contributed by atoms with Crippen LogP contribution >= 0.6 is 0 Å². The Kier molecular flexibility index (Phi) is 6.71. The quantitative estimate of drug-likeness (QED) is 0.671. The van der Waals surface area contributed by atoms with E-state index in [1.54, 1.807) is 9.80 Å². The minimum absolute atomic E-state index is 0.0658. The normalized spacial score (nSPS) is 22.2. The number of carbonyl (C=O) groups excluding carboxylic acids is 3. The third kappa shape index (κ3) is 4.13. The molecule has 2 heterocycles. The maximum Gasteiger partial charge on any atom is 0.411 e. The number of rotatable bonds is 6. The van der Waals surface area contributed by atoms with Crippen LogP contribution in [-0.2, 0) is 14.3 Å². The number of aliphatic hydroxyl groups excluding tert-OH is 1. The molecule has 0 bridgehead atoms. The lowest BCUT2D eigenvalue weighted by atomic mass is 9.98. The predicted octanol–water partition coefficient (Wildman–Crippen LogP) is 3.05. The fourth-order valence-corrected chi connectivity index (χ4v) is 5.72. The monoisotopic (exact) mass is 491 g/mol. The van der Waals surface area contributed by atoms with E-state index in [-0.39, 0.29) is 49.8 Å². The molecule has 2 saturated heterocycles. The van der Waals surface area contributed by atoms with Gasteiger partial charge in [0.2, 0.25) is 11.8 Å². The number of piperazine rings is 1. The Morgan fingerprint density at radius 1 is 1.08 bits per heavy atom. The van der Waals surface area contributed by atoms with Gasteiger partial charge in [0, 0.05) is 25.4 Å². The van der Waals surface area contributed by atoms with Crippen molar-refractivity contribution in [3.8, 4) is 11.1 Å². The van der Waals surface area contributed by atoms with Crippen molar-refractivity contribution in [1.29, 1.82) is 0 Å². The third-order valence-electron chi connectivity index (χ3n) is 7.82. The summed E-state index contributed by atoms with van der Waals surface area (Å²) in [7, 11) is 0. The Morgan fingerprint density at radius 2 is 1.72 bits per heavy atom. The van der Waals surface area contributed by atoms with Crippen LogP contribution in [-0.4, -0.2) is 82.8 Å². The molecule has 5 rings (SSSR count). The molecule has 0 saturated carbocycles. The molecule has 2 fully saturated rings. The number of hydrogen-bond donors (Lipinski definition) is 1. The van der Waals surface area contributed by atoms with E-state index in [0.29, 0.717) is 6.54 Å². The maximum absolute atomic E-state index is 13.4. The molecule has 1 aliphatic carbocycles. The van der Waals surface area contributed by atoms with E-state index in [1.165, 1.54) is 4.90 Å². The molecule has 3 amide bonds. The van der Waals surface area contributed by atoms with Gasteiger partial charge in [0.1, 0.15) is 18.8 Å². The lowest BCUT2D eigenvalue weighted by molar-refractivity contribution is -0.170. The van der Waals surface area contributed by atoms with Crippen molar-refractivity contribution in [1.82, 2.24) is 14.7 Å². The molecule has 36 heavy (non-hydrogen) atoms. The summed E-state index contributed by atoms with van der Waals surface area (Å²) in [6.07, 6.45) is -0.165. The Labute approximate surface area is 211 Å². The minimum atomic E-state index is -0.982. The second kappa shape index (κ2) is 9.93. The highest BCUT2D eigenvalue weighted by molar-refractivity contribution is 5.90. The van der Waals surface area contributed by atoms with Gasteiger partial charge in [0.25, 0.3) is 0 Å². The van der Waals surface area contributed by atoms with E-state index in [4.69, 9.17) is 4.74 Å². The molecule has 2 aromatic rings. The zero-order chi connectivity index (χ0) is 25.4. The summed E-state index contributed by atoms with van der Waals surface area (Å²) < 4.78 is 5.88. The van der Waals surface area contributed by atoms with Crippen molar-refractivity contribution < 1.29 is 24.2 Å². The van der Waals surface area contributed by atoms with E-state index >= 15 is 0 Å². The smallest absolute Gasteiger partial charge is 0.411 e. The third-order valence-corrected chi connectivity index (χ3v) is 7.82. The molecule has 2 aromatic carbocycles. The summed E-state index contributed by atoms with van der Waals surface area (Å²) in [5.74, 6) is -0.291. The van der Waals surface area contributed by atoms with Gasteiger partial charge < -0.3 is 19.6 Å². The molecule has 8 nitrogen and oxygen atoms in total. The van der Waals surface area contributed by atoms with Crippen LogP contribution in [0.3, 0.4) is 0 Å². The fourth-order valence-electron chi connectivity index (χ4n) is 5.72. The Balaban J connectivity index is 1.35. The molecule has 3 unspecified atom stereocenters. The summed E-state index contributed by atoms with van der Waals surface area (Å²) in [6, 6.07) is 15.3. The van der Waals surface area contributed by atoms with Gasteiger partial charge >= 0.3 is 6.09 Å². The first kappa shape index (κ1) is 24.3. The highest BCUT2D eigenvalue weighted by Gasteiger charge is 2.49. The van der Waals surface area contributed by atoms with Crippen molar-refractivity contribution in [2.75, 3.05) is 32.8 Å². The maximum atomic E-state index is 13.4. The first-order valence-corrected chi connectivity index (χ1v) is 12.8. The van der Waals surface area contributed by atoms with E-state index in [9.17, 15) is 19.5 Å². The summed E-state index contributed by atoms with van der Waals surface area (Å²) in [6.45, 7) is 4.78. The van der Waals surface area contributed by atoms with Gasteiger partial charge in [-0.25, -0.2) is 4.79 Å². The van der Waals surface area contributed by atoms with E-state index in [1.807, 2.05) is 24.3 Å². The number of aliphatic hydroxyl groups is 1. The van der Waals surface area contributed by atoms with Crippen molar-refractivity contribution in [3.05, 3.63) is 59.7 Å². The van der Waals surface area contributed by atoms with Crippen LogP contribution in [0, 0.1) is 5.92 Å². The van der Waals surface area contributed by atoms with E-state index in [2.05, 4.69) is 38.1 Å². The lowest BCUT2D eigenvalue weighted by Crippen LogP contribution is -2.72. The molecule has 3 aliphatic rings. The summed E-state index contributed by atoms with van der Waals surface area (Å²) in [4.78, 5) is 43.9. The Hall–Kier alpha value is -3.39. The highest BCUT2D eigenvalue weighted by Crippen LogP contribution is 2.44. The van der Waals surface area contributed by atoms with Crippen LogP contribution in [0.2, 0.25) is 0 Å². The zero-order valence-corrected chi connectivity index (χ0v) is 20.8. The molecule has 0 spiro atoms. The number of amides is 3. The van der Waals surface area contributed by atoms with Gasteiger partial charge in [-0.05, 0) is 28.2 Å². The zero-order valence-electron chi connectivity index (χ0n) is 20.8. The number of nitrogens with zero attached hydrogens (tertiary/aromatic N) is 3. The van der Waals surface area contributed by atoms with Crippen LogP contribution in [0.25, 0.3) is 11.1 Å². The number of benzene rings is 2. The van der Waals surface area contributed by atoms with Gasteiger partial charge in [-0.1, -0.05) is 68.8 Å². The van der Waals surface area contributed by atoms with Crippen LogP contribution in [0.1, 0.15) is 43.7 Å². The predicted molar refractivity (Wildman–Crippen MR) is 134 cm³/mol. The SMILES string of the molecule is CCC(C)CN1CC2N(C(=O)OCC3c4ccccc4-c4ccccc43)CCC(=O)N2C(CO)C1=O. The number of carbonyl (C=O) groups is 3. The average molecular weight is 492 g/mol. The number of hydrogen-bond acceptors (Lipinski definition) is 5. The first-order valence-electron chi connectivity index (χ1n) is 12.8. The van der Waals surface area contributed by atoms with Gasteiger partial charge in [-0.3, -0.25) is 14.5 Å². The number of ether oxygens (including phenoxy) is 1. The van der Waals surface area contributed by atoms with Crippen LogP contribution in [0.15, 0.2) is 48.5 Å². The summed E-state index contributed by atoms with van der Waals surface area (Å²) in [5.41, 5.74) is 4.57. The average Bonchev–Trinajstić information content (AvgIpc) is 3.22. The standard InChI is InChI=1S/C28H33N3O5/c1-3-18(2)14-29-15-25-30(13-12-26(33)31(25)24(16-32)27(29)34)28(35)36-17-23-21-10-6-4-8-19(21)20-9-5-7-11-22(20)23/h4-11,18,23-25,32H,3,12-17H2,1-2H3. The molecule has 3 atom stereocenters. The highest BCUT2D eigenvalue weighted by atomic mass is 16.6. The van der Waals surface area contributed by atoms with Crippen molar-refractivity contribution >= 4 is 17.9 Å². The van der Waals surface area contributed by atoms with Gasteiger partial charge in [0.05, 0.1) is 13.2 Å². The number of fused-ring (bicyclic) bond motifs is 4. The van der Waals surface area contributed by atoms with Gasteiger partial charge in [-0.2, -0.15) is 0 Å². The van der Waals surface area contributed by atoms with Crippen molar-refractivity contribution in [2.45, 2.75) is 44.8 Å². The van der Waals surface area contributed by atoms with Crippen molar-refractivity contribution in [2.24, 2.45) is 5.92 Å². The lowest BCUT2D eigenvalue weighted by Gasteiger charge is -2.51. The second-order valence-corrected chi connectivity index (χ2v) is 9.98. The van der Waals surface area contributed by atoms with Crippen LogP contribution in [0.4, 0.5) is 4.79 Å². The Bertz CT molecular complexity index is 1120. The molecule has 8 heteroatoms. The molecule has 190 valence electrons. The van der Waals surface area contributed by atoms with E-state index < -0.39 is 24.9 Å². The first-order chi connectivity index (χ1) is 17.4. The largest absolute Gasteiger partial charge is 0.448 e. The van der Waals surface area contributed by atoms with Crippen LogP contribution < -0.4 is 0 Å². The molecular formula is C28H33N3O5.